The van der Waals surface area contributed by atoms with Crippen LogP contribution in [-0.4, -0.2) is 28.7 Å². The zero-order valence-corrected chi connectivity index (χ0v) is 9.40. The van der Waals surface area contributed by atoms with Gasteiger partial charge in [0.1, 0.15) is 0 Å². The Labute approximate surface area is 93.6 Å². The fraction of sp³-hybridized carbons (Fsp3) is 0.455. The van der Waals surface area contributed by atoms with Crippen LogP contribution in [0.1, 0.15) is 28.9 Å². The largest absolute Gasteiger partial charge is 0.478 e. The van der Waals surface area contributed by atoms with Crippen molar-refractivity contribution in [2.75, 3.05) is 7.11 Å². The van der Waals surface area contributed by atoms with Crippen LogP contribution in [0, 0.1) is 6.92 Å². The van der Waals surface area contributed by atoms with Crippen molar-refractivity contribution in [3.05, 3.63) is 23.5 Å². The molecule has 0 atom stereocenters. The molecule has 5 heteroatoms. The van der Waals surface area contributed by atoms with Gasteiger partial charge >= 0.3 is 11.9 Å². The van der Waals surface area contributed by atoms with E-state index in [4.69, 9.17) is 5.11 Å². The first-order valence-corrected chi connectivity index (χ1v) is 5.02. The normalized spacial score (nSPS) is 10.1. The zero-order chi connectivity index (χ0) is 12.1. The van der Waals surface area contributed by atoms with Gasteiger partial charge < -0.3 is 14.4 Å². The molecule has 1 N–H and O–H groups in total. The molecule has 0 unspecified atom stereocenters. The van der Waals surface area contributed by atoms with Gasteiger partial charge in [0.2, 0.25) is 0 Å². The highest BCUT2D eigenvalue weighted by Crippen LogP contribution is 2.11. The van der Waals surface area contributed by atoms with Gasteiger partial charge in [0.15, 0.2) is 0 Å². The number of ether oxygens (including phenoxy) is 1. The third-order valence-corrected chi connectivity index (χ3v) is 2.48. The monoisotopic (exact) mass is 225 g/mol. The number of aryl methyl sites for hydroxylation is 1. The molecule has 0 aromatic carbocycles. The second kappa shape index (κ2) is 5.34. The Morgan fingerprint density at radius 2 is 2.19 bits per heavy atom. The van der Waals surface area contributed by atoms with E-state index >= 15 is 0 Å². The summed E-state index contributed by atoms with van der Waals surface area (Å²) in [5.41, 5.74) is 1.01. The first-order chi connectivity index (χ1) is 7.56. The highest BCUT2D eigenvalue weighted by atomic mass is 16.5. The number of carbonyl (C=O) groups excluding carboxylic acids is 1. The summed E-state index contributed by atoms with van der Waals surface area (Å²) in [5, 5.41) is 8.84. The molecule has 0 fully saturated rings. The van der Waals surface area contributed by atoms with Crippen LogP contribution in [0.3, 0.4) is 0 Å². The fourth-order valence-corrected chi connectivity index (χ4v) is 1.52. The highest BCUT2D eigenvalue weighted by molar-refractivity contribution is 5.88. The summed E-state index contributed by atoms with van der Waals surface area (Å²) in [6.07, 6.45) is 2.70. The lowest BCUT2D eigenvalue weighted by atomic mass is 10.2. The molecule has 0 aliphatic rings. The van der Waals surface area contributed by atoms with Crippen molar-refractivity contribution in [1.82, 2.24) is 4.57 Å². The van der Waals surface area contributed by atoms with Crippen molar-refractivity contribution in [3.63, 3.8) is 0 Å². The minimum atomic E-state index is -0.927. The molecule has 0 radical (unpaired) electrons. The Morgan fingerprint density at radius 1 is 1.50 bits per heavy atom. The lowest BCUT2D eigenvalue weighted by molar-refractivity contribution is -0.140. The molecule has 5 nitrogen and oxygen atoms in total. The standard InChI is InChI=1S/C11H15NO4/c1-8-9(11(14)15)5-7-12(8)6-3-4-10(13)16-2/h5,7H,3-4,6H2,1-2H3,(H,14,15). The molecule has 16 heavy (non-hydrogen) atoms. The number of carbonyl (C=O) groups is 2. The minimum Gasteiger partial charge on any atom is -0.478 e. The van der Waals surface area contributed by atoms with Gasteiger partial charge in [-0.25, -0.2) is 4.79 Å². The predicted molar refractivity (Wildman–Crippen MR) is 57.4 cm³/mol. The van der Waals surface area contributed by atoms with Gasteiger partial charge in [-0.2, -0.15) is 0 Å². The Balaban J connectivity index is 2.55. The Morgan fingerprint density at radius 3 is 2.69 bits per heavy atom. The minimum absolute atomic E-state index is 0.247. The van der Waals surface area contributed by atoms with Crippen molar-refractivity contribution >= 4 is 11.9 Å². The van der Waals surface area contributed by atoms with Crippen LogP contribution in [0.5, 0.6) is 0 Å². The SMILES string of the molecule is COC(=O)CCCn1ccc(C(=O)O)c1C. The number of carboxylic acids is 1. The second-order valence-electron chi connectivity index (χ2n) is 3.49. The van der Waals surface area contributed by atoms with E-state index in [1.54, 1.807) is 19.2 Å². The molecular weight excluding hydrogens is 210 g/mol. The first kappa shape index (κ1) is 12.3. The summed E-state index contributed by atoms with van der Waals surface area (Å²) in [6, 6.07) is 1.57. The van der Waals surface area contributed by atoms with Crippen molar-refractivity contribution in [1.29, 1.82) is 0 Å². The summed E-state index contributed by atoms with van der Waals surface area (Å²) in [7, 11) is 1.35. The topological polar surface area (TPSA) is 68.5 Å². The van der Waals surface area contributed by atoms with Crippen molar-refractivity contribution in [2.24, 2.45) is 0 Å². The molecule has 0 bridgehead atoms. The summed E-state index contributed by atoms with van der Waals surface area (Å²) in [6.45, 7) is 2.37. The maximum Gasteiger partial charge on any atom is 0.337 e. The molecule has 0 aliphatic heterocycles. The maximum atomic E-state index is 10.9. The molecule has 88 valence electrons. The molecule has 0 aliphatic carbocycles. The number of methoxy groups -OCH3 is 1. The van der Waals surface area contributed by atoms with Crippen LogP contribution in [0.2, 0.25) is 0 Å². The number of hydrogen-bond donors (Lipinski definition) is 1. The van der Waals surface area contributed by atoms with Crippen molar-refractivity contribution in [3.8, 4) is 0 Å². The molecular formula is C11H15NO4. The van der Waals surface area contributed by atoms with Crippen LogP contribution in [-0.2, 0) is 16.1 Å². The van der Waals surface area contributed by atoms with E-state index in [1.165, 1.54) is 7.11 Å². The lowest BCUT2D eigenvalue weighted by Gasteiger charge is -2.05. The van der Waals surface area contributed by atoms with E-state index in [0.29, 0.717) is 30.6 Å². The van der Waals surface area contributed by atoms with Gasteiger partial charge in [-0.1, -0.05) is 0 Å². The van der Waals surface area contributed by atoms with Gasteiger partial charge in [0.25, 0.3) is 0 Å². The molecule has 1 rings (SSSR count). The highest BCUT2D eigenvalue weighted by Gasteiger charge is 2.11. The van der Waals surface area contributed by atoms with E-state index in [1.807, 2.05) is 4.57 Å². The summed E-state index contributed by atoms with van der Waals surface area (Å²) >= 11 is 0. The molecule has 1 aromatic heterocycles. The summed E-state index contributed by atoms with van der Waals surface area (Å²) in [4.78, 5) is 21.7. The average molecular weight is 225 g/mol. The third kappa shape index (κ3) is 2.85. The van der Waals surface area contributed by atoms with Crippen LogP contribution in [0.4, 0.5) is 0 Å². The summed E-state index contributed by atoms with van der Waals surface area (Å²) < 4.78 is 6.35. The van der Waals surface area contributed by atoms with Crippen LogP contribution in [0.25, 0.3) is 0 Å². The lowest BCUT2D eigenvalue weighted by Crippen LogP contribution is -2.06. The number of hydrogen-bond acceptors (Lipinski definition) is 3. The van der Waals surface area contributed by atoms with Crippen molar-refractivity contribution in [2.45, 2.75) is 26.3 Å². The predicted octanol–water partition coefficient (Wildman–Crippen LogP) is 1.45. The maximum absolute atomic E-state index is 10.9. The van der Waals surface area contributed by atoms with Gasteiger partial charge in [0.05, 0.1) is 12.7 Å². The van der Waals surface area contributed by atoms with E-state index in [-0.39, 0.29) is 5.97 Å². The molecule has 1 aromatic rings. The first-order valence-electron chi connectivity index (χ1n) is 5.02. The number of nitrogens with zero attached hydrogens (tertiary/aromatic N) is 1. The average Bonchev–Trinajstić information content (AvgIpc) is 2.60. The second-order valence-corrected chi connectivity index (χ2v) is 3.49. The Bertz CT molecular complexity index is 395. The van der Waals surface area contributed by atoms with E-state index in [0.717, 1.165) is 0 Å². The number of esters is 1. The van der Waals surface area contributed by atoms with Gasteiger partial charge in [0, 0.05) is 24.9 Å². The Kier molecular flexibility index (Phi) is 4.10. The number of aromatic carboxylic acids is 1. The zero-order valence-electron chi connectivity index (χ0n) is 9.40. The fourth-order valence-electron chi connectivity index (χ4n) is 1.52. The molecule has 0 saturated carbocycles. The van der Waals surface area contributed by atoms with Crippen LogP contribution >= 0.6 is 0 Å². The quantitative estimate of drug-likeness (QED) is 0.770. The van der Waals surface area contributed by atoms with Gasteiger partial charge in [-0.15, -0.1) is 0 Å². The number of carboxylic acid groups (broad SMARTS) is 1. The van der Waals surface area contributed by atoms with E-state index in [9.17, 15) is 9.59 Å². The molecule has 1 heterocycles. The molecule has 0 amide bonds. The molecule has 0 spiro atoms. The van der Waals surface area contributed by atoms with Gasteiger partial charge in [-0.3, -0.25) is 4.79 Å². The van der Waals surface area contributed by atoms with Crippen LogP contribution < -0.4 is 0 Å². The van der Waals surface area contributed by atoms with Crippen molar-refractivity contribution < 1.29 is 19.4 Å². The summed E-state index contributed by atoms with van der Waals surface area (Å²) in [5.74, 6) is -1.17. The smallest absolute Gasteiger partial charge is 0.337 e. The number of aromatic nitrogens is 1. The Hall–Kier alpha value is -1.78. The van der Waals surface area contributed by atoms with Gasteiger partial charge in [-0.05, 0) is 19.4 Å². The van der Waals surface area contributed by atoms with E-state index < -0.39 is 5.97 Å². The number of rotatable bonds is 5. The van der Waals surface area contributed by atoms with Crippen LogP contribution in [0.15, 0.2) is 12.3 Å². The van der Waals surface area contributed by atoms with E-state index in [2.05, 4.69) is 4.74 Å². The third-order valence-electron chi connectivity index (χ3n) is 2.48. The molecule has 0 saturated heterocycles.